The van der Waals surface area contributed by atoms with E-state index in [1.165, 1.54) is 25.7 Å². The SMILES string of the molecule is CCCCCC[C@H](O)C#C[C@]1(C)CC[C@@H](COC)C1(C)C. The van der Waals surface area contributed by atoms with Crippen molar-refractivity contribution in [3.05, 3.63) is 0 Å². The molecular formula is C19H34O2. The van der Waals surface area contributed by atoms with Crippen molar-refractivity contribution < 1.29 is 9.84 Å². The molecule has 1 saturated carbocycles. The summed E-state index contributed by atoms with van der Waals surface area (Å²) in [5.41, 5.74) is 0.124. The minimum absolute atomic E-state index is 0.0133. The van der Waals surface area contributed by atoms with Crippen LogP contribution in [-0.2, 0) is 4.74 Å². The summed E-state index contributed by atoms with van der Waals surface area (Å²) in [6.07, 6.45) is 7.38. The van der Waals surface area contributed by atoms with Crippen molar-refractivity contribution in [3.8, 4) is 11.8 Å². The number of ether oxygens (including phenoxy) is 1. The maximum atomic E-state index is 10.1. The number of rotatable bonds is 7. The number of hydrogen-bond donors (Lipinski definition) is 1. The Labute approximate surface area is 131 Å². The zero-order valence-corrected chi connectivity index (χ0v) is 14.7. The van der Waals surface area contributed by atoms with Gasteiger partial charge in [0.2, 0.25) is 0 Å². The van der Waals surface area contributed by atoms with Crippen molar-refractivity contribution in [3.63, 3.8) is 0 Å². The summed E-state index contributed by atoms with van der Waals surface area (Å²) < 4.78 is 5.36. The van der Waals surface area contributed by atoms with Gasteiger partial charge in [0.05, 0.1) is 0 Å². The highest BCUT2D eigenvalue weighted by Gasteiger charge is 2.50. The molecule has 2 nitrogen and oxygen atoms in total. The Kier molecular flexibility index (Phi) is 7.24. The molecule has 122 valence electrons. The Bertz CT molecular complexity index is 363. The molecule has 1 aliphatic rings. The maximum Gasteiger partial charge on any atom is 0.114 e. The second-order valence-electron chi connectivity index (χ2n) is 7.38. The van der Waals surface area contributed by atoms with Crippen molar-refractivity contribution in [2.75, 3.05) is 13.7 Å². The normalized spacial score (nSPS) is 29.0. The first kappa shape index (κ1) is 18.5. The molecule has 0 saturated heterocycles. The van der Waals surface area contributed by atoms with Crippen molar-refractivity contribution in [2.45, 2.75) is 78.7 Å². The van der Waals surface area contributed by atoms with Crippen LogP contribution in [0.1, 0.15) is 72.6 Å². The molecular weight excluding hydrogens is 260 g/mol. The summed E-state index contributed by atoms with van der Waals surface area (Å²) in [7, 11) is 1.78. The number of aliphatic hydroxyl groups excluding tert-OH is 1. The van der Waals surface area contributed by atoms with E-state index in [2.05, 4.69) is 39.5 Å². The number of unbranched alkanes of at least 4 members (excludes halogenated alkanes) is 3. The number of aliphatic hydroxyl groups is 1. The minimum atomic E-state index is -0.462. The fourth-order valence-corrected chi connectivity index (χ4v) is 3.39. The third-order valence-electron chi connectivity index (χ3n) is 5.65. The van der Waals surface area contributed by atoms with Gasteiger partial charge >= 0.3 is 0 Å². The van der Waals surface area contributed by atoms with Crippen LogP contribution < -0.4 is 0 Å². The third kappa shape index (κ3) is 4.73. The molecule has 0 aliphatic heterocycles. The van der Waals surface area contributed by atoms with Gasteiger partial charge in [-0.2, -0.15) is 0 Å². The van der Waals surface area contributed by atoms with Crippen LogP contribution in [0.5, 0.6) is 0 Å². The van der Waals surface area contributed by atoms with E-state index in [0.717, 1.165) is 25.9 Å². The predicted molar refractivity (Wildman–Crippen MR) is 89.0 cm³/mol. The van der Waals surface area contributed by atoms with Crippen LogP contribution in [0, 0.1) is 28.6 Å². The molecule has 21 heavy (non-hydrogen) atoms. The van der Waals surface area contributed by atoms with E-state index in [1.807, 2.05) is 0 Å². The van der Waals surface area contributed by atoms with Gasteiger partial charge in [-0.05, 0) is 43.9 Å². The quantitative estimate of drug-likeness (QED) is 0.556. The smallest absolute Gasteiger partial charge is 0.114 e. The van der Waals surface area contributed by atoms with Crippen LogP contribution in [0.4, 0.5) is 0 Å². The lowest BCUT2D eigenvalue weighted by molar-refractivity contribution is 0.0655. The second kappa shape index (κ2) is 8.20. The third-order valence-corrected chi connectivity index (χ3v) is 5.65. The van der Waals surface area contributed by atoms with Gasteiger partial charge in [-0.3, -0.25) is 0 Å². The fourth-order valence-electron chi connectivity index (χ4n) is 3.39. The van der Waals surface area contributed by atoms with Crippen LogP contribution in [0.3, 0.4) is 0 Å². The van der Waals surface area contributed by atoms with E-state index < -0.39 is 6.10 Å². The van der Waals surface area contributed by atoms with Crippen LogP contribution >= 0.6 is 0 Å². The van der Waals surface area contributed by atoms with Crippen molar-refractivity contribution in [2.24, 2.45) is 16.7 Å². The molecule has 0 spiro atoms. The van der Waals surface area contributed by atoms with Gasteiger partial charge in [0, 0.05) is 19.1 Å². The Balaban J connectivity index is 2.59. The average molecular weight is 294 g/mol. The first-order chi connectivity index (χ1) is 9.87. The Hall–Kier alpha value is -0.520. The van der Waals surface area contributed by atoms with E-state index in [-0.39, 0.29) is 10.8 Å². The van der Waals surface area contributed by atoms with E-state index in [4.69, 9.17) is 4.74 Å². The van der Waals surface area contributed by atoms with Crippen LogP contribution in [0.2, 0.25) is 0 Å². The van der Waals surface area contributed by atoms with Crippen molar-refractivity contribution >= 4 is 0 Å². The number of hydrogen-bond acceptors (Lipinski definition) is 2. The summed E-state index contributed by atoms with van der Waals surface area (Å²) in [5.74, 6) is 7.11. The topological polar surface area (TPSA) is 29.5 Å². The highest BCUT2D eigenvalue weighted by molar-refractivity contribution is 5.20. The largest absolute Gasteiger partial charge is 0.384 e. The molecule has 1 rings (SSSR count). The van der Waals surface area contributed by atoms with Crippen molar-refractivity contribution in [1.82, 2.24) is 0 Å². The van der Waals surface area contributed by atoms with E-state index >= 15 is 0 Å². The Morgan fingerprint density at radius 3 is 2.57 bits per heavy atom. The predicted octanol–water partition coefficient (Wildman–Crippen LogP) is 4.41. The molecule has 0 unspecified atom stereocenters. The zero-order chi connectivity index (χ0) is 15.9. The zero-order valence-electron chi connectivity index (χ0n) is 14.7. The van der Waals surface area contributed by atoms with Crippen LogP contribution in [0.15, 0.2) is 0 Å². The molecule has 0 aromatic rings. The molecule has 0 radical (unpaired) electrons. The summed E-state index contributed by atoms with van der Waals surface area (Å²) >= 11 is 0. The van der Waals surface area contributed by atoms with Gasteiger partial charge < -0.3 is 9.84 Å². The van der Waals surface area contributed by atoms with Gasteiger partial charge in [0.15, 0.2) is 0 Å². The lowest BCUT2D eigenvalue weighted by atomic mass is 9.66. The lowest BCUT2D eigenvalue weighted by Gasteiger charge is -2.38. The molecule has 0 aromatic heterocycles. The van der Waals surface area contributed by atoms with Crippen LogP contribution in [0.25, 0.3) is 0 Å². The molecule has 1 aliphatic carbocycles. The van der Waals surface area contributed by atoms with Gasteiger partial charge in [0.25, 0.3) is 0 Å². The first-order valence-corrected chi connectivity index (χ1v) is 8.57. The van der Waals surface area contributed by atoms with E-state index in [0.29, 0.717) is 5.92 Å². The molecule has 0 amide bonds. The van der Waals surface area contributed by atoms with Gasteiger partial charge in [0.1, 0.15) is 6.10 Å². The molecule has 0 aromatic carbocycles. The first-order valence-electron chi connectivity index (χ1n) is 8.57. The monoisotopic (exact) mass is 294 g/mol. The molecule has 1 N–H and O–H groups in total. The summed E-state index contributed by atoms with van der Waals surface area (Å²) in [6, 6.07) is 0. The van der Waals surface area contributed by atoms with Gasteiger partial charge in [-0.25, -0.2) is 0 Å². The fraction of sp³-hybridized carbons (Fsp3) is 0.895. The molecule has 0 bridgehead atoms. The van der Waals surface area contributed by atoms with E-state index in [9.17, 15) is 5.11 Å². The standard InChI is InChI=1S/C19H34O2/c1-6-7-8-9-10-17(20)12-14-19(4)13-11-16(15-21-5)18(19,2)3/h16-17,20H,6-11,13,15H2,1-5H3/t16-,17-,19-/m0/s1. The molecule has 3 atom stereocenters. The Morgan fingerprint density at radius 1 is 1.24 bits per heavy atom. The lowest BCUT2D eigenvalue weighted by Crippen LogP contribution is -2.35. The summed E-state index contributed by atoms with van der Waals surface area (Å²) in [4.78, 5) is 0. The van der Waals surface area contributed by atoms with E-state index in [1.54, 1.807) is 7.11 Å². The van der Waals surface area contributed by atoms with Crippen molar-refractivity contribution in [1.29, 1.82) is 0 Å². The summed E-state index contributed by atoms with van der Waals surface area (Å²) in [6.45, 7) is 9.86. The molecule has 2 heteroatoms. The Morgan fingerprint density at radius 2 is 1.95 bits per heavy atom. The maximum absolute atomic E-state index is 10.1. The summed E-state index contributed by atoms with van der Waals surface area (Å²) in [5, 5.41) is 10.1. The molecule has 1 fully saturated rings. The number of methoxy groups -OCH3 is 1. The average Bonchev–Trinajstić information content (AvgIpc) is 2.66. The minimum Gasteiger partial charge on any atom is -0.384 e. The highest BCUT2D eigenvalue weighted by atomic mass is 16.5. The van der Waals surface area contributed by atoms with Crippen LogP contribution in [-0.4, -0.2) is 24.9 Å². The highest BCUT2D eigenvalue weighted by Crippen LogP contribution is 2.55. The molecule has 0 heterocycles. The second-order valence-corrected chi connectivity index (χ2v) is 7.38. The van der Waals surface area contributed by atoms with Gasteiger partial charge in [-0.1, -0.05) is 51.9 Å². The van der Waals surface area contributed by atoms with Gasteiger partial charge in [-0.15, -0.1) is 0 Å².